The highest BCUT2D eigenvalue weighted by Gasteiger charge is 2.18. The van der Waals surface area contributed by atoms with Crippen molar-refractivity contribution in [2.45, 2.75) is 78.9 Å². The topological polar surface area (TPSA) is 138 Å². The van der Waals surface area contributed by atoms with Gasteiger partial charge in [0, 0.05) is 0 Å². The minimum atomic E-state index is -0.565. The number of carbonyl (C=O) groups is 2. The van der Waals surface area contributed by atoms with E-state index in [0.717, 1.165) is 33.3 Å². The van der Waals surface area contributed by atoms with Gasteiger partial charge in [0.1, 0.15) is 11.2 Å². The quantitative estimate of drug-likeness (QED) is 0.335. The lowest BCUT2D eigenvalue weighted by atomic mass is 10.0. The number of nitrogens with one attached hydrogen (secondary N) is 2. The van der Waals surface area contributed by atoms with Gasteiger partial charge in [0.15, 0.2) is 0 Å². The minimum absolute atomic E-state index is 0.260. The van der Waals surface area contributed by atoms with E-state index >= 15 is 0 Å². The van der Waals surface area contributed by atoms with Gasteiger partial charge in [-0.05, 0) is 75.6 Å². The summed E-state index contributed by atoms with van der Waals surface area (Å²) in [7, 11) is 0. The Hall–Kier alpha value is -4.48. The molecule has 0 aliphatic carbocycles. The van der Waals surface area contributed by atoms with Crippen molar-refractivity contribution >= 4 is 23.0 Å². The summed E-state index contributed by atoms with van der Waals surface area (Å²) in [6.45, 7) is 12.5. The Morgan fingerprint density at radius 3 is 1.48 bits per heavy atom. The molecule has 0 atom stereocenters. The molecule has 2 aromatic heterocycles. The molecule has 4 rings (SSSR count). The van der Waals surface area contributed by atoms with Crippen LogP contribution in [0, 0.1) is 0 Å². The maximum absolute atomic E-state index is 12.0. The number of hydrogen-bond donors (Lipinski definition) is 2. The van der Waals surface area contributed by atoms with Gasteiger partial charge < -0.3 is 20.1 Å². The van der Waals surface area contributed by atoms with Crippen molar-refractivity contribution in [1.82, 2.24) is 40.6 Å². The number of fused-ring (bicyclic) bond motifs is 1. The molecule has 0 radical (unpaired) electrons. The molecule has 12 nitrogen and oxygen atoms in total. The number of hydrogen-bond acceptors (Lipinski definition) is 8. The van der Waals surface area contributed by atoms with Crippen LogP contribution in [-0.2, 0) is 35.7 Å². The minimum Gasteiger partial charge on any atom is -0.444 e. The van der Waals surface area contributed by atoms with Gasteiger partial charge in [-0.25, -0.2) is 19.0 Å². The fourth-order valence-corrected chi connectivity index (χ4v) is 3.94. The van der Waals surface area contributed by atoms with Gasteiger partial charge in [0.25, 0.3) is 0 Å². The van der Waals surface area contributed by atoms with Crippen molar-refractivity contribution in [2.24, 2.45) is 0 Å². The third-order valence-electron chi connectivity index (χ3n) is 5.66. The Kier molecular flexibility index (Phi) is 8.36. The van der Waals surface area contributed by atoms with Gasteiger partial charge in [-0.15, -0.1) is 10.2 Å². The Labute approximate surface area is 233 Å². The van der Waals surface area contributed by atoms with E-state index < -0.39 is 23.4 Å². The second-order valence-electron chi connectivity index (χ2n) is 11.5. The van der Waals surface area contributed by atoms with Gasteiger partial charge in [-0.3, -0.25) is 0 Å². The Morgan fingerprint density at radius 1 is 0.700 bits per heavy atom. The molecule has 0 aliphatic rings. The summed E-state index contributed by atoms with van der Waals surface area (Å²) in [4.78, 5) is 24.0. The van der Waals surface area contributed by atoms with E-state index in [1.54, 1.807) is 21.8 Å². The first-order valence-electron chi connectivity index (χ1n) is 13.0. The summed E-state index contributed by atoms with van der Waals surface area (Å²) in [5.41, 5.74) is 2.51. The predicted molar refractivity (Wildman–Crippen MR) is 148 cm³/mol. The number of nitrogens with zero attached hydrogens (tertiary/aromatic N) is 6. The Bertz CT molecular complexity index is 1370. The highest BCUT2D eigenvalue weighted by molar-refractivity contribution is 5.83. The fraction of sp³-hybridized carbons (Fsp3) is 0.429. The first-order chi connectivity index (χ1) is 18.8. The van der Waals surface area contributed by atoms with Crippen LogP contribution in [0.2, 0.25) is 0 Å². The van der Waals surface area contributed by atoms with E-state index in [-0.39, 0.29) is 13.1 Å². The van der Waals surface area contributed by atoms with Crippen LogP contribution in [0.25, 0.3) is 10.8 Å². The monoisotopic (exact) mass is 548 g/mol. The molecule has 0 bridgehead atoms. The average molecular weight is 549 g/mol. The molecule has 0 saturated carbocycles. The number of carbonyl (C=O) groups excluding carboxylic acids is 2. The molecule has 0 spiro atoms. The first-order valence-corrected chi connectivity index (χ1v) is 13.0. The van der Waals surface area contributed by atoms with Gasteiger partial charge in [0.2, 0.25) is 0 Å². The third-order valence-corrected chi connectivity index (χ3v) is 5.66. The summed E-state index contributed by atoms with van der Waals surface area (Å²) in [6.07, 6.45) is 2.29. The summed E-state index contributed by atoms with van der Waals surface area (Å²) >= 11 is 0. The van der Waals surface area contributed by atoms with E-state index in [1.807, 2.05) is 53.7 Å². The van der Waals surface area contributed by atoms with E-state index in [9.17, 15) is 9.59 Å². The predicted octanol–water partition coefficient (Wildman–Crippen LogP) is 4.17. The zero-order valence-electron chi connectivity index (χ0n) is 23.8. The first kappa shape index (κ1) is 28.5. The van der Waals surface area contributed by atoms with Gasteiger partial charge in [-0.1, -0.05) is 34.7 Å². The Balaban J connectivity index is 1.38. The summed E-state index contributed by atoms with van der Waals surface area (Å²) in [5, 5.41) is 24.0. The molecule has 4 aromatic rings. The van der Waals surface area contributed by atoms with Gasteiger partial charge >= 0.3 is 12.2 Å². The standard InChI is InChI=1S/C28H36N8O4/c1-27(2,3)39-25(37)29-13-23-15-31-33-35(23)17-19-7-9-22-12-20(8-10-21(22)11-19)18-36-24(16-32-34-36)14-30-26(38)40-28(4,5)6/h7-12,15-16H,13-14,17-18H2,1-6H3,(H,29,37)(H,30,38). The molecule has 0 saturated heterocycles. The largest absolute Gasteiger partial charge is 0.444 e. The lowest BCUT2D eigenvalue weighted by Crippen LogP contribution is -2.32. The van der Waals surface area contributed by atoms with Crippen molar-refractivity contribution in [3.63, 3.8) is 0 Å². The van der Waals surface area contributed by atoms with Gasteiger partial charge in [-0.2, -0.15) is 0 Å². The smallest absolute Gasteiger partial charge is 0.407 e. The molecular formula is C28H36N8O4. The normalized spacial score (nSPS) is 11.8. The number of alkyl carbamates (subject to hydrolysis) is 2. The molecule has 12 heteroatoms. The van der Waals surface area contributed by atoms with E-state index in [4.69, 9.17) is 9.47 Å². The van der Waals surface area contributed by atoms with Crippen LogP contribution in [0.15, 0.2) is 48.8 Å². The highest BCUT2D eigenvalue weighted by Crippen LogP contribution is 2.20. The molecule has 40 heavy (non-hydrogen) atoms. The van der Waals surface area contributed by atoms with Crippen molar-refractivity contribution in [1.29, 1.82) is 0 Å². The van der Waals surface area contributed by atoms with Crippen molar-refractivity contribution < 1.29 is 19.1 Å². The molecular weight excluding hydrogens is 512 g/mol. The van der Waals surface area contributed by atoms with E-state index in [2.05, 4.69) is 55.5 Å². The lowest BCUT2D eigenvalue weighted by Gasteiger charge is -2.19. The molecule has 2 amide bonds. The number of aromatic nitrogens is 6. The number of benzene rings is 2. The van der Waals surface area contributed by atoms with Crippen LogP contribution in [-0.4, -0.2) is 53.4 Å². The van der Waals surface area contributed by atoms with Crippen molar-refractivity contribution in [2.75, 3.05) is 0 Å². The number of ether oxygens (including phenoxy) is 2. The highest BCUT2D eigenvalue weighted by atomic mass is 16.6. The van der Waals surface area contributed by atoms with E-state index in [0.29, 0.717) is 13.1 Å². The number of amides is 2. The maximum atomic E-state index is 12.0. The summed E-state index contributed by atoms with van der Waals surface area (Å²) < 4.78 is 14.1. The lowest BCUT2D eigenvalue weighted by molar-refractivity contribution is 0.0511. The molecule has 2 aromatic carbocycles. The fourth-order valence-electron chi connectivity index (χ4n) is 3.94. The van der Waals surface area contributed by atoms with Crippen LogP contribution in [0.1, 0.15) is 64.1 Å². The van der Waals surface area contributed by atoms with Crippen LogP contribution in [0.5, 0.6) is 0 Å². The molecule has 2 N–H and O–H groups in total. The van der Waals surface area contributed by atoms with Crippen LogP contribution in [0.3, 0.4) is 0 Å². The van der Waals surface area contributed by atoms with Crippen molar-refractivity contribution in [3.05, 3.63) is 71.3 Å². The molecule has 0 aliphatic heterocycles. The van der Waals surface area contributed by atoms with Crippen LogP contribution < -0.4 is 10.6 Å². The zero-order chi connectivity index (χ0) is 28.9. The SMILES string of the molecule is CC(C)(C)OC(=O)NCc1cnnn1Cc1ccc2cc(Cn3nncc3CNC(=O)OC(C)(C)C)ccc2c1. The molecule has 0 fully saturated rings. The van der Waals surface area contributed by atoms with Crippen molar-refractivity contribution in [3.8, 4) is 0 Å². The second-order valence-corrected chi connectivity index (χ2v) is 11.5. The van der Waals surface area contributed by atoms with Gasteiger partial charge in [0.05, 0.1) is 50.0 Å². The Morgan fingerprint density at radius 2 is 1.10 bits per heavy atom. The number of rotatable bonds is 8. The average Bonchev–Trinajstić information content (AvgIpc) is 3.48. The third kappa shape index (κ3) is 8.26. The van der Waals surface area contributed by atoms with Crippen LogP contribution in [0.4, 0.5) is 9.59 Å². The second kappa shape index (κ2) is 11.7. The molecule has 2 heterocycles. The molecule has 0 unspecified atom stereocenters. The van der Waals surface area contributed by atoms with Crippen LogP contribution >= 0.6 is 0 Å². The maximum Gasteiger partial charge on any atom is 0.407 e. The zero-order valence-corrected chi connectivity index (χ0v) is 23.8. The summed E-state index contributed by atoms with van der Waals surface area (Å²) in [6, 6.07) is 12.4. The molecule has 212 valence electrons. The summed E-state index contributed by atoms with van der Waals surface area (Å²) in [5.74, 6) is 0. The van der Waals surface area contributed by atoms with E-state index in [1.165, 1.54) is 0 Å².